The summed E-state index contributed by atoms with van der Waals surface area (Å²) in [5.74, 6) is 0.565. The van der Waals surface area contributed by atoms with Crippen molar-refractivity contribution in [3.05, 3.63) is 81.8 Å². The number of imide groups is 2. The molecule has 3 aromatic rings. The number of nitrogens with zero attached hydrogens (tertiary/aromatic N) is 1. The number of halogens is 1. The van der Waals surface area contributed by atoms with Crippen LogP contribution in [0.3, 0.4) is 0 Å². The van der Waals surface area contributed by atoms with Gasteiger partial charge in [0.05, 0.1) is 23.9 Å². The Morgan fingerprint density at radius 3 is 2.28 bits per heavy atom. The first-order valence-electron chi connectivity index (χ1n) is 12.2. The Morgan fingerprint density at radius 2 is 1.59 bits per heavy atom. The first-order chi connectivity index (χ1) is 18.8. The molecule has 39 heavy (non-hydrogen) atoms. The minimum absolute atomic E-state index is 0.191. The summed E-state index contributed by atoms with van der Waals surface area (Å²) < 4.78 is 23.3. The zero-order valence-corrected chi connectivity index (χ0v) is 23.2. The maximum atomic E-state index is 13.2. The number of benzene rings is 3. The van der Waals surface area contributed by atoms with Crippen molar-refractivity contribution in [3.8, 4) is 23.0 Å². The van der Waals surface area contributed by atoms with Gasteiger partial charge in [0.25, 0.3) is 11.8 Å². The van der Waals surface area contributed by atoms with Crippen LogP contribution in [-0.4, -0.2) is 44.8 Å². The molecule has 0 atom stereocenters. The molecule has 1 N–H and O–H groups in total. The van der Waals surface area contributed by atoms with Crippen LogP contribution in [0.1, 0.15) is 18.1 Å². The summed E-state index contributed by atoms with van der Waals surface area (Å²) in [5.41, 5.74) is 1.64. The van der Waals surface area contributed by atoms with Crippen LogP contribution in [0.4, 0.5) is 10.5 Å². The number of aryl methyl sites for hydroxylation is 1. The molecule has 0 spiro atoms. The SMILES string of the molecule is CCOc1cc(/C=C2\C(=O)NC(=O)N(c3ccc(C)cc3)C2=O)cc(Br)c1OCCOc1ccccc1OC. The molecule has 1 saturated heterocycles. The molecule has 0 saturated carbocycles. The van der Waals surface area contributed by atoms with E-state index in [1.807, 2.05) is 26.0 Å². The molecule has 202 valence electrons. The van der Waals surface area contributed by atoms with Gasteiger partial charge in [-0.15, -0.1) is 0 Å². The fourth-order valence-corrected chi connectivity index (χ4v) is 4.43. The van der Waals surface area contributed by atoms with Gasteiger partial charge in [-0.2, -0.15) is 0 Å². The average Bonchev–Trinajstić information content (AvgIpc) is 2.91. The van der Waals surface area contributed by atoms with Crippen molar-refractivity contribution >= 4 is 45.5 Å². The van der Waals surface area contributed by atoms with Gasteiger partial charge in [0.1, 0.15) is 18.8 Å². The van der Waals surface area contributed by atoms with Gasteiger partial charge in [0.15, 0.2) is 23.0 Å². The lowest BCUT2D eigenvalue weighted by Crippen LogP contribution is -2.54. The highest BCUT2D eigenvalue weighted by Gasteiger charge is 2.36. The summed E-state index contributed by atoms with van der Waals surface area (Å²) >= 11 is 3.50. The van der Waals surface area contributed by atoms with E-state index in [4.69, 9.17) is 18.9 Å². The molecule has 10 heteroatoms. The van der Waals surface area contributed by atoms with Crippen molar-refractivity contribution in [2.45, 2.75) is 13.8 Å². The molecule has 0 unspecified atom stereocenters. The summed E-state index contributed by atoms with van der Waals surface area (Å²) in [5, 5.41) is 2.23. The largest absolute Gasteiger partial charge is 0.493 e. The molecule has 0 aliphatic carbocycles. The second-order valence-corrected chi connectivity index (χ2v) is 9.26. The van der Waals surface area contributed by atoms with Gasteiger partial charge in [0.2, 0.25) is 0 Å². The summed E-state index contributed by atoms with van der Waals surface area (Å²) in [6.45, 7) is 4.55. The van der Waals surface area contributed by atoms with E-state index < -0.39 is 17.8 Å². The molecule has 1 fully saturated rings. The highest BCUT2D eigenvalue weighted by Crippen LogP contribution is 2.38. The minimum atomic E-state index is -0.804. The van der Waals surface area contributed by atoms with E-state index in [0.29, 0.717) is 45.3 Å². The van der Waals surface area contributed by atoms with Crippen LogP contribution in [0, 0.1) is 6.92 Å². The van der Waals surface area contributed by atoms with Crippen LogP contribution in [0.15, 0.2) is 70.7 Å². The number of methoxy groups -OCH3 is 1. The van der Waals surface area contributed by atoms with E-state index in [1.54, 1.807) is 55.6 Å². The van der Waals surface area contributed by atoms with Gasteiger partial charge in [0, 0.05) is 0 Å². The molecule has 3 aromatic carbocycles. The normalized spacial score (nSPS) is 14.3. The Morgan fingerprint density at radius 1 is 0.897 bits per heavy atom. The van der Waals surface area contributed by atoms with Gasteiger partial charge in [-0.05, 0) is 77.8 Å². The first kappa shape index (κ1) is 27.7. The van der Waals surface area contributed by atoms with E-state index in [9.17, 15) is 14.4 Å². The zero-order valence-electron chi connectivity index (χ0n) is 21.7. The van der Waals surface area contributed by atoms with Crippen molar-refractivity contribution in [1.82, 2.24) is 5.32 Å². The monoisotopic (exact) mass is 594 g/mol. The molecule has 0 bridgehead atoms. The van der Waals surface area contributed by atoms with E-state index in [-0.39, 0.29) is 18.8 Å². The van der Waals surface area contributed by atoms with Gasteiger partial charge >= 0.3 is 6.03 Å². The van der Waals surface area contributed by atoms with Crippen molar-refractivity contribution in [1.29, 1.82) is 0 Å². The lowest BCUT2D eigenvalue weighted by atomic mass is 10.1. The van der Waals surface area contributed by atoms with Crippen molar-refractivity contribution < 1.29 is 33.3 Å². The number of ether oxygens (including phenoxy) is 4. The molecular formula is C29H27BrN2O7. The molecule has 1 heterocycles. The van der Waals surface area contributed by atoms with Crippen LogP contribution in [0.2, 0.25) is 0 Å². The Balaban J connectivity index is 1.54. The summed E-state index contributed by atoms with van der Waals surface area (Å²) in [4.78, 5) is 39.2. The number of rotatable bonds is 10. The van der Waals surface area contributed by atoms with Gasteiger partial charge in [-0.1, -0.05) is 29.8 Å². The van der Waals surface area contributed by atoms with Gasteiger partial charge in [-0.25, -0.2) is 9.69 Å². The third kappa shape index (κ3) is 6.40. The maximum absolute atomic E-state index is 13.2. The van der Waals surface area contributed by atoms with Crippen molar-refractivity contribution in [2.75, 3.05) is 31.8 Å². The average molecular weight is 595 g/mol. The highest BCUT2D eigenvalue weighted by atomic mass is 79.9. The lowest BCUT2D eigenvalue weighted by Gasteiger charge is -2.26. The zero-order chi connectivity index (χ0) is 27.9. The van der Waals surface area contributed by atoms with E-state index in [1.165, 1.54) is 6.08 Å². The number of amides is 4. The van der Waals surface area contributed by atoms with Crippen LogP contribution in [0.25, 0.3) is 6.08 Å². The number of carbonyl (C=O) groups excluding carboxylic acids is 3. The Kier molecular flexibility index (Phi) is 8.88. The molecule has 0 aromatic heterocycles. The van der Waals surface area contributed by atoms with E-state index >= 15 is 0 Å². The topological polar surface area (TPSA) is 103 Å². The Hall–Kier alpha value is -4.31. The van der Waals surface area contributed by atoms with Crippen molar-refractivity contribution in [2.24, 2.45) is 0 Å². The minimum Gasteiger partial charge on any atom is -0.493 e. The van der Waals surface area contributed by atoms with Crippen LogP contribution < -0.4 is 29.2 Å². The van der Waals surface area contributed by atoms with Gasteiger partial charge in [-0.3, -0.25) is 14.9 Å². The Labute approximate surface area is 234 Å². The van der Waals surface area contributed by atoms with Crippen LogP contribution >= 0.6 is 15.9 Å². The third-order valence-corrected chi connectivity index (χ3v) is 6.28. The number of anilines is 1. The lowest BCUT2D eigenvalue weighted by molar-refractivity contribution is -0.122. The molecule has 1 aliphatic heterocycles. The number of urea groups is 1. The van der Waals surface area contributed by atoms with Crippen molar-refractivity contribution in [3.63, 3.8) is 0 Å². The molecule has 0 radical (unpaired) electrons. The molecule has 4 rings (SSSR count). The number of hydrogen-bond donors (Lipinski definition) is 1. The quantitative estimate of drug-likeness (QED) is 0.193. The fourth-order valence-electron chi connectivity index (χ4n) is 3.86. The fraction of sp³-hybridized carbons (Fsp3) is 0.207. The van der Waals surface area contributed by atoms with Crippen LogP contribution in [0.5, 0.6) is 23.0 Å². The number of hydrogen-bond acceptors (Lipinski definition) is 7. The second-order valence-electron chi connectivity index (χ2n) is 8.40. The second kappa shape index (κ2) is 12.5. The number of nitrogens with one attached hydrogen (secondary N) is 1. The molecule has 1 aliphatic rings. The summed E-state index contributed by atoms with van der Waals surface area (Å²) in [6.07, 6.45) is 1.41. The van der Waals surface area contributed by atoms with Gasteiger partial charge < -0.3 is 18.9 Å². The smallest absolute Gasteiger partial charge is 0.335 e. The van der Waals surface area contributed by atoms with Crippen LogP contribution in [-0.2, 0) is 9.59 Å². The number of para-hydroxylation sites is 2. The molecular weight excluding hydrogens is 568 g/mol. The maximum Gasteiger partial charge on any atom is 0.335 e. The Bertz CT molecular complexity index is 1420. The first-order valence-corrected chi connectivity index (χ1v) is 12.9. The number of carbonyl (C=O) groups is 3. The number of barbiturate groups is 1. The highest BCUT2D eigenvalue weighted by molar-refractivity contribution is 9.10. The van der Waals surface area contributed by atoms with E-state index in [2.05, 4.69) is 21.2 Å². The van der Waals surface area contributed by atoms with E-state index in [0.717, 1.165) is 10.5 Å². The predicted octanol–water partition coefficient (Wildman–Crippen LogP) is 5.29. The molecule has 9 nitrogen and oxygen atoms in total. The summed E-state index contributed by atoms with van der Waals surface area (Å²) in [6, 6.07) is 16.7. The molecule has 4 amide bonds. The standard InChI is InChI=1S/C29H27BrN2O7/c1-4-37-25-17-19(16-22(30)26(25)39-14-13-38-24-8-6-5-7-23(24)36-3)15-21-27(33)31-29(35)32(28(21)34)20-11-9-18(2)10-12-20/h5-12,15-17H,4,13-14H2,1-3H3,(H,31,33,35)/b21-15+. The predicted molar refractivity (Wildman–Crippen MR) is 149 cm³/mol. The third-order valence-electron chi connectivity index (χ3n) is 5.69. The summed E-state index contributed by atoms with van der Waals surface area (Å²) in [7, 11) is 1.57.